The van der Waals surface area contributed by atoms with Crippen molar-refractivity contribution in [1.29, 1.82) is 0 Å². The number of hydrogen-bond donors (Lipinski definition) is 4. The van der Waals surface area contributed by atoms with E-state index in [0.717, 1.165) is 12.8 Å². The molecule has 1 aliphatic rings. The van der Waals surface area contributed by atoms with Crippen molar-refractivity contribution in [2.75, 3.05) is 13.2 Å². The van der Waals surface area contributed by atoms with Gasteiger partial charge in [0.15, 0.2) is 0 Å². The first-order valence-electron chi connectivity index (χ1n) is 5.35. The third-order valence-electron chi connectivity index (χ3n) is 2.97. The molecule has 0 heterocycles. The first-order chi connectivity index (χ1) is 7.49. The van der Waals surface area contributed by atoms with E-state index < -0.39 is 17.9 Å². The lowest BCUT2D eigenvalue weighted by Gasteiger charge is -2.16. The third-order valence-corrected chi connectivity index (χ3v) is 2.97. The summed E-state index contributed by atoms with van der Waals surface area (Å²) >= 11 is 0. The van der Waals surface area contributed by atoms with Crippen LogP contribution < -0.4 is 11.1 Å². The summed E-state index contributed by atoms with van der Waals surface area (Å²) in [6, 6.07) is -0.998. The van der Waals surface area contributed by atoms with Crippen LogP contribution in [0.15, 0.2) is 0 Å². The predicted octanol–water partition coefficient (Wildman–Crippen LogP) is -0.933. The Balaban J connectivity index is 2.27. The van der Waals surface area contributed by atoms with Crippen molar-refractivity contribution in [3.63, 3.8) is 0 Å². The van der Waals surface area contributed by atoms with Crippen LogP contribution >= 0.6 is 0 Å². The zero-order valence-corrected chi connectivity index (χ0v) is 9.11. The minimum Gasteiger partial charge on any atom is -0.481 e. The largest absolute Gasteiger partial charge is 0.481 e. The van der Waals surface area contributed by atoms with E-state index in [1.807, 2.05) is 0 Å². The minimum absolute atomic E-state index is 0.0212. The average Bonchev–Trinajstić information content (AvgIpc) is 2.94. The van der Waals surface area contributed by atoms with E-state index in [1.165, 1.54) is 0 Å². The zero-order chi connectivity index (χ0) is 12.2. The van der Waals surface area contributed by atoms with Crippen molar-refractivity contribution in [3.05, 3.63) is 0 Å². The van der Waals surface area contributed by atoms with E-state index in [1.54, 1.807) is 0 Å². The first-order valence-corrected chi connectivity index (χ1v) is 5.35. The number of carboxylic acid groups (broad SMARTS) is 1. The van der Waals surface area contributed by atoms with Crippen LogP contribution in [0.3, 0.4) is 0 Å². The van der Waals surface area contributed by atoms with Crippen molar-refractivity contribution in [3.8, 4) is 0 Å². The molecule has 0 aromatic carbocycles. The fraction of sp³-hybridized carbons (Fsp3) is 0.800. The minimum atomic E-state index is -1.08. The highest BCUT2D eigenvalue weighted by atomic mass is 16.4. The summed E-state index contributed by atoms with van der Waals surface area (Å²) in [4.78, 5) is 21.7. The van der Waals surface area contributed by atoms with Crippen LogP contribution in [0.1, 0.15) is 25.7 Å². The first kappa shape index (κ1) is 12.9. The number of nitrogens with two attached hydrogens (primary N) is 1. The van der Waals surface area contributed by atoms with Crippen molar-refractivity contribution in [1.82, 2.24) is 5.32 Å². The molecule has 0 aromatic heterocycles. The van der Waals surface area contributed by atoms with Crippen LogP contribution in [-0.4, -0.2) is 41.3 Å². The summed E-state index contributed by atoms with van der Waals surface area (Å²) in [6.07, 6.45) is 2.28. The molecule has 1 amide bonds. The van der Waals surface area contributed by atoms with Gasteiger partial charge in [-0.25, -0.2) is 0 Å². The predicted molar refractivity (Wildman–Crippen MR) is 56.6 cm³/mol. The van der Waals surface area contributed by atoms with Gasteiger partial charge in [0.1, 0.15) is 0 Å². The maximum atomic E-state index is 11.4. The molecule has 6 heteroatoms. The van der Waals surface area contributed by atoms with Gasteiger partial charge in [-0.3, -0.25) is 9.59 Å². The maximum absolute atomic E-state index is 11.4. The molecule has 1 unspecified atom stereocenters. The van der Waals surface area contributed by atoms with E-state index in [9.17, 15) is 9.59 Å². The number of aliphatic carboxylic acids is 1. The summed E-state index contributed by atoms with van der Waals surface area (Å²) in [6.45, 7) is 0.580. The van der Waals surface area contributed by atoms with Gasteiger partial charge in [0.05, 0.1) is 12.5 Å². The molecule has 1 fully saturated rings. The van der Waals surface area contributed by atoms with E-state index in [4.69, 9.17) is 15.9 Å². The van der Waals surface area contributed by atoms with Crippen LogP contribution in [0.5, 0.6) is 0 Å². The molecule has 1 aliphatic carbocycles. The molecule has 0 saturated heterocycles. The van der Waals surface area contributed by atoms with Crippen LogP contribution in [0, 0.1) is 5.41 Å². The number of hydrogen-bond acceptors (Lipinski definition) is 4. The summed E-state index contributed by atoms with van der Waals surface area (Å²) in [5.74, 6) is -1.52. The van der Waals surface area contributed by atoms with E-state index in [0.29, 0.717) is 13.0 Å². The molecule has 0 spiro atoms. The van der Waals surface area contributed by atoms with Gasteiger partial charge in [-0.05, 0) is 24.7 Å². The van der Waals surface area contributed by atoms with Crippen LogP contribution in [-0.2, 0) is 9.59 Å². The number of aliphatic hydroxyl groups is 1. The van der Waals surface area contributed by atoms with Crippen molar-refractivity contribution < 1.29 is 19.8 Å². The molecular weight excluding hydrogens is 212 g/mol. The van der Waals surface area contributed by atoms with Crippen molar-refractivity contribution in [2.45, 2.75) is 31.7 Å². The van der Waals surface area contributed by atoms with Gasteiger partial charge in [0.25, 0.3) is 0 Å². The Bertz CT molecular complexity index is 276. The average molecular weight is 230 g/mol. The Kier molecular flexibility index (Phi) is 4.26. The fourth-order valence-corrected chi connectivity index (χ4v) is 1.62. The Labute approximate surface area is 93.8 Å². The third kappa shape index (κ3) is 3.79. The van der Waals surface area contributed by atoms with Crippen LogP contribution in [0.2, 0.25) is 0 Å². The molecule has 1 atom stereocenters. The van der Waals surface area contributed by atoms with Gasteiger partial charge in [-0.2, -0.15) is 0 Å². The smallest absolute Gasteiger partial charge is 0.305 e. The second-order valence-corrected chi connectivity index (χ2v) is 4.40. The lowest BCUT2D eigenvalue weighted by molar-refractivity contribution is -0.139. The highest BCUT2D eigenvalue weighted by Crippen LogP contribution is 2.47. The molecule has 0 aliphatic heterocycles. The Morgan fingerprint density at radius 2 is 2.06 bits per heavy atom. The molecule has 0 bridgehead atoms. The van der Waals surface area contributed by atoms with E-state index in [-0.39, 0.29) is 18.4 Å². The normalized spacial score (nSPS) is 18.9. The second kappa shape index (κ2) is 5.27. The molecule has 1 saturated carbocycles. The molecule has 0 aromatic rings. The zero-order valence-electron chi connectivity index (χ0n) is 9.11. The molecule has 92 valence electrons. The highest BCUT2D eigenvalue weighted by Gasteiger charge is 2.42. The van der Waals surface area contributed by atoms with Gasteiger partial charge in [0, 0.05) is 13.2 Å². The highest BCUT2D eigenvalue weighted by molar-refractivity contribution is 5.85. The summed E-state index contributed by atoms with van der Waals surface area (Å²) in [5.41, 5.74) is 5.42. The van der Waals surface area contributed by atoms with Crippen molar-refractivity contribution in [2.24, 2.45) is 11.1 Å². The topological polar surface area (TPSA) is 113 Å². The van der Waals surface area contributed by atoms with Crippen LogP contribution in [0.4, 0.5) is 0 Å². The van der Waals surface area contributed by atoms with Gasteiger partial charge in [-0.1, -0.05) is 0 Å². The molecule has 16 heavy (non-hydrogen) atoms. The van der Waals surface area contributed by atoms with Gasteiger partial charge in [0.2, 0.25) is 5.91 Å². The molecule has 6 nitrogen and oxygen atoms in total. The number of carbonyl (C=O) groups excluding carboxylic acids is 1. The molecule has 5 N–H and O–H groups in total. The Morgan fingerprint density at radius 1 is 1.44 bits per heavy atom. The number of carboxylic acids is 1. The molecule has 1 rings (SSSR count). The molecule has 0 radical (unpaired) electrons. The number of nitrogens with one attached hydrogen (secondary N) is 1. The SMILES string of the molecule is NC(CC(=O)O)C(=O)NCC1(CCO)CC1. The molecular formula is C10H18N2O4. The van der Waals surface area contributed by atoms with Gasteiger partial charge >= 0.3 is 5.97 Å². The van der Waals surface area contributed by atoms with Gasteiger partial charge < -0.3 is 21.3 Å². The van der Waals surface area contributed by atoms with Crippen molar-refractivity contribution >= 4 is 11.9 Å². The monoisotopic (exact) mass is 230 g/mol. The summed E-state index contributed by atoms with van der Waals surface area (Å²) < 4.78 is 0. The summed E-state index contributed by atoms with van der Waals surface area (Å²) in [7, 11) is 0. The van der Waals surface area contributed by atoms with E-state index >= 15 is 0 Å². The maximum Gasteiger partial charge on any atom is 0.305 e. The number of amides is 1. The number of aliphatic hydroxyl groups excluding tert-OH is 1. The fourth-order valence-electron chi connectivity index (χ4n) is 1.62. The number of rotatable bonds is 7. The quantitative estimate of drug-likeness (QED) is 0.451. The Hall–Kier alpha value is -1.14. The Morgan fingerprint density at radius 3 is 2.50 bits per heavy atom. The van der Waals surface area contributed by atoms with Crippen LogP contribution in [0.25, 0.3) is 0 Å². The second-order valence-electron chi connectivity index (χ2n) is 4.40. The lowest BCUT2D eigenvalue weighted by Crippen LogP contribution is -2.44. The standard InChI is InChI=1S/C10H18N2O4/c11-7(5-8(14)15)9(16)12-6-10(1-2-10)3-4-13/h7,13H,1-6,11H2,(H,12,16)(H,14,15). The van der Waals surface area contributed by atoms with Gasteiger partial charge in [-0.15, -0.1) is 0 Å². The summed E-state index contributed by atoms with van der Waals surface area (Å²) in [5, 5.41) is 19.9. The lowest BCUT2D eigenvalue weighted by atomic mass is 10.0. The number of carbonyl (C=O) groups is 2. The van der Waals surface area contributed by atoms with E-state index in [2.05, 4.69) is 5.32 Å².